The van der Waals surface area contributed by atoms with E-state index in [0.717, 1.165) is 44.3 Å². The maximum absolute atomic E-state index is 5.64. The van der Waals surface area contributed by atoms with E-state index in [1.54, 1.807) is 21.3 Å². The quantitative estimate of drug-likeness (QED) is 0.328. The van der Waals surface area contributed by atoms with Gasteiger partial charge in [-0.15, -0.1) is 24.0 Å². The molecule has 1 unspecified atom stereocenters. The van der Waals surface area contributed by atoms with Gasteiger partial charge < -0.3 is 24.8 Å². The van der Waals surface area contributed by atoms with Gasteiger partial charge in [-0.05, 0) is 36.0 Å². The lowest BCUT2D eigenvalue weighted by molar-refractivity contribution is 0.0204. The first-order chi connectivity index (χ1) is 13.3. The zero-order valence-electron chi connectivity index (χ0n) is 18.7. The fourth-order valence-corrected chi connectivity index (χ4v) is 3.68. The van der Waals surface area contributed by atoms with Crippen LogP contribution in [-0.4, -0.2) is 59.6 Å². The van der Waals surface area contributed by atoms with E-state index in [4.69, 9.17) is 14.2 Å². The summed E-state index contributed by atoms with van der Waals surface area (Å²) in [6.45, 7) is 9.60. The molecule has 6 nitrogen and oxygen atoms in total. The molecule has 1 aromatic carbocycles. The number of ether oxygens (including phenoxy) is 3. The maximum Gasteiger partial charge on any atom is 0.191 e. The van der Waals surface area contributed by atoms with Gasteiger partial charge in [0.25, 0.3) is 0 Å². The minimum absolute atomic E-state index is 0. The fraction of sp³-hybridized carbons (Fsp3) is 0.682. The number of nitrogens with one attached hydrogen (secondary N) is 2. The number of hydrogen-bond donors (Lipinski definition) is 2. The second kappa shape index (κ2) is 12.0. The molecule has 1 atom stereocenters. The van der Waals surface area contributed by atoms with Crippen LogP contribution < -0.4 is 15.4 Å². The molecule has 1 saturated heterocycles. The number of aliphatic imine (C=N–C) groups is 1. The lowest BCUT2D eigenvalue weighted by atomic mass is 9.74. The van der Waals surface area contributed by atoms with Gasteiger partial charge in [0.15, 0.2) is 5.96 Å². The largest absolute Gasteiger partial charge is 0.497 e. The van der Waals surface area contributed by atoms with Crippen LogP contribution in [0.15, 0.2) is 29.3 Å². The Morgan fingerprint density at radius 1 is 1.14 bits per heavy atom. The lowest BCUT2D eigenvalue weighted by Crippen LogP contribution is -2.50. The van der Waals surface area contributed by atoms with Gasteiger partial charge in [0, 0.05) is 45.9 Å². The van der Waals surface area contributed by atoms with Crippen LogP contribution in [0.1, 0.15) is 39.2 Å². The third-order valence-corrected chi connectivity index (χ3v) is 5.68. The zero-order chi connectivity index (χ0) is 20.6. The summed E-state index contributed by atoms with van der Waals surface area (Å²) in [5.74, 6) is 1.68. The minimum Gasteiger partial charge on any atom is -0.497 e. The number of benzene rings is 1. The average Bonchev–Trinajstić information content (AvgIpc) is 2.70. The molecule has 0 aromatic heterocycles. The number of guanidine groups is 1. The van der Waals surface area contributed by atoms with Gasteiger partial charge in [0.05, 0.1) is 13.2 Å². The molecular formula is C22H38IN3O3. The van der Waals surface area contributed by atoms with Gasteiger partial charge in [0.1, 0.15) is 5.75 Å². The first-order valence-electron chi connectivity index (χ1n) is 10.0. The Morgan fingerprint density at radius 3 is 2.24 bits per heavy atom. The molecule has 29 heavy (non-hydrogen) atoms. The highest BCUT2D eigenvalue weighted by Gasteiger charge is 2.35. The van der Waals surface area contributed by atoms with Crippen molar-refractivity contribution in [1.82, 2.24) is 10.6 Å². The topological polar surface area (TPSA) is 64.1 Å². The van der Waals surface area contributed by atoms with Crippen LogP contribution in [0.4, 0.5) is 0 Å². The molecule has 0 saturated carbocycles. The molecule has 0 aliphatic carbocycles. The molecule has 166 valence electrons. The van der Waals surface area contributed by atoms with Crippen molar-refractivity contribution in [2.75, 3.05) is 47.6 Å². The standard InChI is InChI=1S/C22H37N3O3.HI/c1-21(2,3)19(27-6)15-24-20(23-4)25-16-22(11-13-28-14-12-22)17-7-9-18(26-5)10-8-17;/h7-10,19H,11-16H2,1-6H3,(H2,23,24,25);1H. The van der Waals surface area contributed by atoms with Gasteiger partial charge in [-0.3, -0.25) is 4.99 Å². The average molecular weight is 519 g/mol. The van der Waals surface area contributed by atoms with Crippen molar-refractivity contribution in [2.24, 2.45) is 10.4 Å². The minimum atomic E-state index is 0. The Morgan fingerprint density at radius 2 is 1.76 bits per heavy atom. The van der Waals surface area contributed by atoms with Crippen molar-refractivity contribution < 1.29 is 14.2 Å². The van der Waals surface area contributed by atoms with Crippen LogP contribution in [0.3, 0.4) is 0 Å². The normalized spacial score (nSPS) is 17.8. The molecule has 1 aromatic rings. The first-order valence-corrected chi connectivity index (χ1v) is 10.0. The highest BCUT2D eigenvalue weighted by molar-refractivity contribution is 14.0. The molecular weight excluding hydrogens is 481 g/mol. The van der Waals surface area contributed by atoms with Crippen molar-refractivity contribution in [3.05, 3.63) is 29.8 Å². The maximum atomic E-state index is 5.64. The van der Waals surface area contributed by atoms with E-state index in [-0.39, 0.29) is 40.9 Å². The monoisotopic (exact) mass is 519 g/mol. The van der Waals surface area contributed by atoms with Crippen LogP contribution in [0.2, 0.25) is 0 Å². The second-order valence-corrected chi connectivity index (χ2v) is 8.52. The summed E-state index contributed by atoms with van der Waals surface area (Å²) in [6, 6.07) is 8.41. The van der Waals surface area contributed by atoms with E-state index in [1.807, 2.05) is 12.1 Å². The summed E-state index contributed by atoms with van der Waals surface area (Å²) in [5.41, 5.74) is 1.39. The van der Waals surface area contributed by atoms with Crippen molar-refractivity contribution in [3.8, 4) is 5.75 Å². The zero-order valence-corrected chi connectivity index (χ0v) is 21.0. The van der Waals surface area contributed by atoms with Gasteiger partial charge in [0.2, 0.25) is 0 Å². The molecule has 2 N–H and O–H groups in total. The Hall–Kier alpha value is -1.06. The molecule has 0 radical (unpaired) electrons. The number of hydrogen-bond acceptors (Lipinski definition) is 4. The number of methoxy groups -OCH3 is 2. The van der Waals surface area contributed by atoms with Gasteiger partial charge >= 0.3 is 0 Å². The molecule has 2 rings (SSSR count). The van der Waals surface area contributed by atoms with Crippen LogP contribution in [0.25, 0.3) is 0 Å². The molecule has 0 bridgehead atoms. The Kier molecular flexibility index (Phi) is 10.7. The summed E-state index contributed by atoms with van der Waals surface area (Å²) in [7, 11) is 5.26. The van der Waals surface area contributed by atoms with E-state index in [0.29, 0.717) is 6.54 Å². The third-order valence-electron chi connectivity index (χ3n) is 5.68. The van der Waals surface area contributed by atoms with Crippen molar-refractivity contribution in [1.29, 1.82) is 0 Å². The first kappa shape index (κ1) is 26.0. The van der Waals surface area contributed by atoms with Crippen molar-refractivity contribution >= 4 is 29.9 Å². The van der Waals surface area contributed by atoms with Crippen LogP contribution in [0.5, 0.6) is 5.75 Å². The summed E-state index contributed by atoms with van der Waals surface area (Å²) >= 11 is 0. The highest BCUT2D eigenvalue weighted by atomic mass is 127. The van der Waals surface area contributed by atoms with E-state index in [2.05, 4.69) is 48.5 Å². The summed E-state index contributed by atoms with van der Waals surface area (Å²) in [5, 5.41) is 6.95. The van der Waals surface area contributed by atoms with Crippen LogP contribution in [0, 0.1) is 5.41 Å². The molecule has 1 heterocycles. The molecule has 7 heteroatoms. The molecule has 1 aliphatic rings. The van der Waals surface area contributed by atoms with Crippen molar-refractivity contribution in [2.45, 2.75) is 45.1 Å². The number of nitrogens with zero attached hydrogens (tertiary/aromatic N) is 1. The number of rotatable bonds is 7. The predicted octanol–water partition coefficient (Wildman–Crippen LogP) is 3.59. The summed E-state index contributed by atoms with van der Waals surface area (Å²) in [6.07, 6.45) is 2.06. The van der Waals surface area contributed by atoms with Gasteiger partial charge in [-0.2, -0.15) is 0 Å². The molecule has 1 fully saturated rings. The van der Waals surface area contributed by atoms with Crippen molar-refractivity contribution in [3.63, 3.8) is 0 Å². The van der Waals surface area contributed by atoms with Gasteiger partial charge in [-0.25, -0.2) is 0 Å². The van der Waals surface area contributed by atoms with Crippen LogP contribution in [-0.2, 0) is 14.9 Å². The molecule has 0 spiro atoms. The fourth-order valence-electron chi connectivity index (χ4n) is 3.68. The summed E-state index contributed by atoms with van der Waals surface area (Å²) in [4.78, 5) is 4.40. The van der Waals surface area contributed by atoms with E-state index in [1.165, 1.54) is 5.56 Å². The molecule has 1 aliphatic heterocycles. The van der Waals surface area contributed by atoms with E-state index >= 15 is 0 Å². The predicted molar refractivity (Wildman–Crippen MR) is 130 cm³/mol. The Balaban J connectivity index is 0.00000420. The number of halogens is 1. The Labute approximate surface area is 193 Å². The molecule has 0 amide bonds. The van der Waals surface area contributed by atoms with E-state index in [9.17, 15) is 0 Å². The smallest absolute Gasteiger partial charge is 0.191 e. The van der Waals surface area contributed by atoms with Crippen LogP contribution >= 0.6 is 24.0 Å². The Bertz CT molecular complexity index is 623. The van der Waals surface area contributed by atoms with E-state index < -0.39 is 0 Å². The van der Waals surface area contributed by atoms with Gasteiger partial charge in [-0.1, -0.05) is 32.9 Å². The SMILES string of the molecule is CN=C(NCC(OC)C(C)(C)C)NCC1(c2ccc(OC)cc2)CCOCC1.I. The third kappa shape index (κ3) is 7.29. The lowest BCUT2D eigenvalue weighted by Gasteiger charge is -2.38. The second-order valence-electron chi connectivity index (χ2n) is 8.52. The highest BCUT2D eigenvalue weighted by Crippen LogP contribution is 2.35. The summed E-state index contributed by atoms with van der Waals surface area (Å²) < 4.78 is 16.6.